The molecule has 20 heavy (non-hydrogen) atoms. The maximum Gasteiger partial charge on any atom is 0.152 e. The van der Waals surface area contributed by atoms with E-state index in [1.165, 1.54) is 25.7 Å². The van der Waals surface area contributed by atoms with E-state index in [0.717, 1.165) is 18.8 Å². The van der Waals surface area contributed by atoms with Crippen molar-refractivity contribution in [3.63, 3.8) is 0 Å². The second kappa shape index (κ2) is 6.60. The number of pyridine rings is 1. The van der Waals surface area contributed by atoms with Gasteiger partial charge in [-0.25, -0.2) is 4.98 Å². The third-order valence-corrected chi connectivity index (χ3v) is 4.01. The Labute approximate surface area is 121 Å². The van der Waals surface area contributed by atoms with Crippen LogP contribution in [0.1, 0.15) is 51.5 Å². The number of nitrogens with zero attached hydrogens (tertiary/aromatic N) is 3. The van der Waals surface area contributed by atoms with Gasteiger partial charge in [-0.2, -0.15) is 5.26 Å². The summed E-state index contributed by atoms with van der Waals surface area (Å²) in [5, 5.41) is 8.92. The fourth-order valence-corrected chi connectivity index (χ4v) is 2.85. The van der Waals surface area contributed by atoms with Crippen molar-refractivity contribution >= 4 is 11.5 Å². The molecule has 1 heterocycles. The molecule has 1 aromatic heterocycles. The van der Waals surface area contributed by atoms with Crippen LogP contribution in [0, 0.1) is 17.2 Å². The quantitative estimate of drug-likeness (QED) is 0.892. The van der Waals surface area contributed by atoms with Crippen LogP contribution in [0.3, 0.4) is 0 Å². The topological polar surface area (TPSA) is 65.9 Å². The summed E-state index contributed by atoms with van der Waals surface area (Å²) >= 11 is 0. The average molecular weight is 272 g/mol. The SMILES string of the molecule is CC(C)CCN(c1ncc(C#N)cc1N)C1CCCC1. The maximum absolute atomic E-state index is 8.92. The minimum atomic E-state index is 0.529. The number of rotatable bonds is 5. The Hall–Kier alpha value is -1.76. The Morgan fingerprint density at radius 1 is 1.45 bits per heavy atom. The van der Waals surface area contributed by atoms with Crippen LogP contribution in [-0.4, -0.2) is 17.6 Å². The van der Waals surface area contributed by atoms with E-state index in [4.69, 9.17) is 11.0 Å². The first-order chi connectivity index (χ1) is 9.61. The zero-order valence-electron chi connectivity index (χ0n) is 12.5. The number of nitrogen functional groups attached to an aromatic ring is 1. The van der Waals surface area contributed by atoms with Crippen LogP contribution in [0.15, 0.2) is 12.3 Å². The molecule has 1 aromatic rings. The fourth-order valence-electron chi connectivity index (χ4n) is 2.85. The molecule has 0 aliphatic heterocycles. The van der Waals surface area contributed by atoms with Crippen LogP contribution in [0.5, 0.6) is 0 Å². The molecule has 0 unspecified atom stereocenters. The average Bonchev–Trinajstić information content (AvgIpc) is 2.94. The summed E-state index contributed by atoms with van der Waals surface area (Å²) in [6.07, 6.45) is 7.79. The molecule has 2 N–H and O–H groups in total. The fraction of sp³-hybridized carbons (Fsp3) is 0.625. The first-order valence-electron chi connectivity index (χ1n) is 7.54. The predicted molar refractivity (Wildman–Crippen MR) is 82.4 cm³/mol. The summed E-state index contributed by atoms with van der Waals surface area (Å²) in [5.74, 6) is 1.52. The van der Waals surface area contributed by atoms with Gasteiger partial charge in [0.1, 0.15) is 6.07 Å². The van der Waals surface area contributed by atoms with Crippen molar-refractivity contribution in [2.75, 3.05) is 17.2 Å². The highest BCUT2D eigenvalue weighted by Crippen LogP contribution is 2.31. The van der Waals surface area contributed by atoms with E-state index in [9.17, 15) is 0 Å². The summed E-state index contributed by atoms with van der Waals surface area (Å²) in [6.45, 7) is 5.47. The molecule has 0 aromatic carbocycles. The van der Waals surface area contributed by atoms with Crippen LogP contribution >= 0.6 is 0 Å². The van der Waals surface area contributed by atoms with E-state index >= 15 is 0 Å². The van der Waals surface area contributed by atoms with Gasteiger partial charge in [-0.05, 0) is 31.2 Å². The minimum absolute atomic E-state index is 0.529. The molecule has 0 saturated heterocycles. The Morgan fingerprint density at radius 3 is 2.70 bits per heavy atom. The number of nitriles is 1. The van der Waals surface area contributed by atoms with Gasteiger partial charge in [0.2, 0.25) is 0 Å². The Kier molecular flexibility index (Phi) is 4.84. The van der Waals surface area contributed by atoms with Gasteiger partial charge in [-0.3, -0.25) is 0 Å². The van der Waals surface area contributed by atoms with Crippen molar-refractivity contribution < 1.29 is 0 Å². The molecule has 0 amide bonds. The van der Waals surface area contributed by atoms with E-state index in [0.29, 0.717) is 23.2 Å². The summed E-state index contributed by atoms with van der Waals surface area (Å²) in [4.78, 5) is 6.81. The first-order valence-corrected chi connectivity index (χ1v) is 7.54. The first kappa shape index (κ1) is 14.6. The van der Waals surface area contributed by atoms with Crippen molar-refractivity contribution in [1.29, 1.82) is 5.26 Å². The highest BCUT2D eigenvalue weighted by Gasteiger charge is 2.25. The Balaban J connectivity index is 2.23. The van der Waals surface area contributed by atoms with Gasteiger partial charge >= 0.3 is 0 Å². The van der Waals surface area contributed by atoms with E-state index in [-0.39, 0.29) is 0 Å². The predicted octanol–water partition coefficient (Wildman–Crippen LogP) is 3.33. The lowest BCUT2D eigenvalue weighted by atomic mass is 10.1. The molecular formula is C16H24N4. The molecule has 0 bridgehead atoms. The molecule has 0 spiro atoms. The number of aromatic nitrogens is 1. The number of anilines is 2. The van der Waals surface area contributed by atoms with Crippen molar-refractivity contribution in [1.82, 2.24) is 4.98 Å². The van der Waals surface area contributed by atoms with Gasteiger partial charge in [0.05, 0.1) is 11.3 Å². The summed E-state index contributed by atoms with van der Waals surface area (Å²) in [7, 11) is 0. The summed E-state index contributed by atoms with van der Waals surface area (Å²) in [6, 6.07) is 4.38. The van der Waals surface area contributed by atoms with Gasteiger partial charge in [0.15, 0.2) is 5.82 Å². The van der Waals surface area contributed by atoms with Crippen LogP contribution in [-0.2, 0) is 0 Å². The van der Waals surface area contributed by atoms with Gasteiger partial charge in [-0.1, -0.05) is 26.7 Å². The number of hydrogen-bond donors (Lipinski definition) is 1. The molecule has 1 fully saturated rings. The minimum Gasteiger partial charge on any atom is -0.396 e. The third-order valence-electron chi connectivity index (χ3n) is 4.01. The lowest BCUT2D eigenvalue weighted by Crippen LogP contribution is -2.36. The van der Waals surface area contributed by atoms with E-state index < -0.39 is 0 Å². The second-order valence-electron chi connectivity index (χ2n) is 6.06. The van der Waals surface area contributed by atoms with Crippen LogP contribution < -0.4 is 10.6 Å². The molecule has 108 valence electrons. The van der Waals surface area contributed by atoms with E-state index in [1.54, 1.807) is 12.3 Å². The standard InChI is InChI=1S/C16H24N4/c1-12(2)7-8-20(14-5-3-4-6-14)16-15(18)9-13(10-17)11-19-16/h9,11-12,14H,3-8,18H2,1-2H3. The molecule has 1 aliphatic rings. The van der Waals surface area contributed by atoms with Crippen LogP contribution in [0.2, 0.25) is 0 Å². The summed E-state index contributed by atoms with van der Waals surface area (Å²) in [5.41, 5.74) is 7.27. The Bertz CT molecular complexity index is 484. The Morgan fingerprint density at radius 2 is 2.15 bits per heavy atom. The number of nitrogens with two attached hydrogens (primary N) is 1. The van der Waals surface area contributed by atoms with Gasteiger partial charge in [-0.15, -0.1) is 0 Å². The highest BCUT2D eigenvalue weighted by molar-refractivity contribution is 5.65. The molecule has 1 saturated carbocycles. The van der Waals surface area contributed by atoms with Crippen molar-refractivity contribution in [2.24, 2.45) is 5.92 Å². The largest absolute Gasteiger partial charge is 0.396 e. The van der Waals surface area contributed by atoms with E-state index in [1.807, 2.05) is 0 Å². The molecule has 0 radical (unpaired) electrons. The zero-order chi connectivity index (χ0) is 14.5. The molecule has 2 rings (SSSR count). The van der Waals surface area contributed by atoms with Gasteiger partial charge in [0, 0.05) is 18.8 Å². The molecular weight excluding hydrogens is 248 g/mol. The van der Waals surface area contributed by atoms with Crippen molar-refractivity contribution in [3.8, 4) is 6.07 Å². The smallest absolute Gasteiger partial charge is 0.152 e. The zero-order valence-corrected chi connectivity index (χ0v) is 12.5. The van der Waals surface area contributed by atoms with Crippen molar-refractivity contribution in [3.05, 3.63) is 17.8 Å². The monoisotopic (exact) mass is 272 g/mol. The molecule has 0 atom stereocenters. The highest BCUT2D eigenvalue weighted by atomic mass is 15.2. The normalized spacial score (nSPS) is 15.5. The molecule has 4 nitrogen and oxygen atoms in total. The van der Waals surface area contributed by atoms with Gasteiger partial charge < -0.3 is 10.6 Å². The molecule has 4 heteroatoms. The third kappa shape index (κ3) is 3.41. The maximum atomic E-state index is 8.92. The van der Waals surface area contributed by atoms with Crippen LogP contribution in [0.25, 0.3) is 0 Å². The lowest BCUT2D eigenvalue weighted by Gasteiger charge is -2.31. The number of hydrogen-bond acceptors (Lipinski definition) is 4. The lowest BCUT2D eigenvalue weighted by molar-refractivity contribution is 0.525. The van der Waals surface area contributed by atoms with E-state index in [2.05, 4.69) is 29.8 Å². The summed E-state index contributed by atoms with van der Waals surface area (Å²) < 4.78 is 0. The van der Waals surface area contributed by atoms with Crippen LogP contribution in [0.4, 0.5) is 11.5 Å². The van der Waals surface area contributed by atoms with Gasteiger partial charge in [0.25, 0.3) is 0 Å². The van der Waals surface area contributed by atoms with Crippen molar-refractivity contribution in [2.45, 2.75) is 52.0 Å². The second-order valence-corrected chi connectivity index (χ2v) is 6.06. The molecule has 1 aliphatic carbocycles.